The highest BCUT2D eigenvalue weighted by atomic mass is 35.5. The van der Waals surface area contributed by atoms with Crippen LogP contribution in [0.1, 0.15) is 19.4 Å². The Labute approximate surface area is 197 Å². The number of anilines is 1. The molecular formula is C21H24Cl2FN3O4S. The first-order chi connectivity index (χ1) is 14.9. The zero-order valence-corrected chi connectivity index (χ0v) is 20.1. The van der Waals surface area contributed by atoms with Crippen molar-refractivity contribution in [2.24, 2.45) is 0 Å². The summed E-state index contributed by atoms with van der Waals surface area (Å²) < 4.78 is 39.1. The lowest BCUT2D eigenvalue weighted by Gasteiger charge is -2.31. The van der Waals surface area contributed by atoms with Gasteiger partial charge < -0.3 is 10.2 Å². The zero-order valence-electron chi connectivity index (χ0n) is 17.8. The van der Waals surface area contributed by atoms with Gasteiger partial charge in [-0.1, -0.05) is 35.3 Å². The van der Waals surface area contributed by atoms with Crippen molar-refractivity contribution in [3.8, 4) is 0 Å². The van der Waals surface area contributed by atoms with Crippen LogP contribution in [0.15, 0.2) is 42.5 Å². The molecule has 1 N–H and O–H groups in total. The Hall–Kier alpha value is -2.36. The van der Waals surface area contributed by atoms with Gasteiger partial charge in [0.15, 0.2) is 0 Å². The van der Waals surface area contributed by atoms with Crippen LogP contribution in [0.25, 0.3) is 0 Å². The molecule has 0 aliphatic rings. The van der Waals surface area contributed by atoms with Gasteiger partial charge in [0.05, 0.1) is 17.0 Å². The second kappa shape index (κ2) is 11.0. The molecule has 0 bridgehead atoms. The van der Waals surface area contributed by atoms with Gasteiger partial charge in [0.1, 0.15) is 18.4 Å². The molecule has 2 aromatic rings. The Morgan fingerprint density at radius 3 is 2.31 bits per heavy atom. The highest BCUT2D eigenvalue weighted by Gasteiger charge is 2.30. The maximum absolute atomic E-state index is 13.3. The van der Waals surface area contributed by atoms with Gasteiger partial charge in [0.2, 0.25) is 21.8 Å². The third-order valence-electron chi connectivity index (χ3n) is 4.64. The molecule has 7 nitrogen and oxygen atoms in total. The highest BCUT2D eigenvalue weighted by molar-refractivity contribution is 7.92. The summed E-state index contributed by atoms with van der Waals surface area (Å²) in [4.78, 5) is 27.0. The van der Waals surface area contributed by atoms with Crippen molar-refractivity contribution in [3.63, 3.8) is 0 Å². The SMILES string of the molecule is CCNC(=O)C(C)N(Cc1ccc(F)cc1)C(=O)CN(c1cc(Cl)ccc1Cl)S(C)(=O)=O. The lowest BCUT2D eigenvalue weighted by atomic mass is 10.1. The van der Waals surface area contributed by atoms with Crippen molar-refractivity contribution in [1.82, 2.24) is 10.2 Å². The lowest BCUT2D eigenvalue weighted by Crippen LogP contribution is -2.51. The number of hydrogen-bond acceptors (Lipinski definition) is 4. The fourth-order valence-corrected chi connectivity index (χ4v) is 4.25. The van der Waals surface area contributed by atoms with Crippen molar-refractivity contribution in [2.75, 3.05) is 23.7 Å². The fourth-order valence-electron chi connectivity index (χ4n) is 2.96. The summed E-state index contributed by atoms with van der Waals surface area (Å²) in [7, 11) is -3.93. The van der Waals surface area contributed by atoms with Gasteiger partial charge >= 0.3 is 0 Å². The minimum absolute atomic E-state index is 0.0295. The summed E-state index contributed by atoms with van der Waals surface area (Å²) >= 11 is 12.2. The Morgan fingerprint density at radius 2 is 1.75 bits per heavy atom. The standard InChI is InChI=1S/C21H24Cl2FN3O4S/c1-4-25-21(29)14(2)26(12-15-5-8-17(24)9-6-15)20(28)13-27(32(3,30)31)19-11-16(22)7-10-18(19)23/h5-11,14H,4,12-13H2,1-3H3,(H,25,29). The molecule has 2 amide bonds. The quantitative estimate of drug-likeness (QED) is 0.567. The second-order valence-electron chi connectivity index (χ2n) is 7.08. The fraction of sp³-hybridized carbons (Fsp3) is 0.333. The average Bonchev–Trinajstić information content (AvgIpc) is 2.72. The first-order valence-corrected chi connectivity index (χ1v) is 12.3. The van der Waals surface area contributed by atoms with Crippen LogP contribution >= 0.6 is 23.2 Å². The molecule has 0 aliphatic heterocycles. The summed E-state index contributed by atoms with van der Waals surface area (Å²) in [5, 5.41) is 2.98. The first-order valence-electron chi connectivity index (χ1n) is 9.68. The molecule has 0 fully saturated rings. The van der Waals surface area contributed by atoms with Crippen LogP contribution < -0.4 is 9.62 Å². The number of rotatable bonds is 9. The first kappa shape index (κ1) is 25.9. The summed E-state index contributed by atoms with van der Waals surface area (Å²) in [6, 6.07) is 8.81. The third-order valence-corrected chi connectivity index (χ3v) is 6.32. The van der Waals surface area contributed by atoms with E-state index >= 15 is 0 Å². The van der Waals surface area contributed by atoms with E-state index in [1.807, 2.05) is 0 Å². The van der Waals surface area contributed by atoms with E-state index in [0.717, 1.165) is 10.6 Å². The van der Waals surface area contributed by atoms with Gasteiger partial charge in [-0.05, 0) is 49.7 Å². The highest BCUT2D eigenvalue weighted by Crippen LogP contribution is 2.30. The third kappa shape index (κ3) is 6.82. The van der Waals surface area contributed by atoms with E-state index in [0.29, 0.717) is 12.1 Å². The van der Waals surface area contributed by atoms with E-state index in [9.17, 15) is 22.4 Å². The van der Waals surface area contributed by atoms with Crippen LogP contribution in [0.2, 0.25) is 10.0 Å². The van der Waals surface area contributed by atoms with Crippen LogP contribution in [0.3, 0.4) is 0 Å². The second-order valence-corrected chi connectivity index (χ2v) is 9.83. The van der Waals surface area contributed by atoms with Crippen molar-refractivity contribution in [1.29, 1.82) is 0 Å². The maximum Gasteiger partial charge on any atom is 0.244 e. The largest absolute Gasteiger partial charge is 0.355 e. The van der Waals surface area contributed by atoms with E-state index in [2.05, 4.69) is 5.32 Å². The number of nitrogens with zero attached hydrogens (tertiary/aromatic N) is 2. The molecule has 0 radical (unpaired) electrons. The molecule has 1 atom stereocenters. The van der Waals surface area contributed by atoms with E-state index in [4.69, 9.17) is 23.2 Å². The number of benzene rings is 2. The predicted molar refractivity (Wildman–Crippen MR) is 124 cm³/mol. The van der Waals surface area contributed by atoms with Crippen molar-refractivity contribution in [2.45, 2.75) is 26.4 Å². The molecule has 2 aromatic carbocycles. The van der Waals surface area contributed by atoms with E-state index < -0.39 is 40.2 Å². The monoisotopic (exact) mass is 503 g/mol. The Bertz CT molecular complexity index is 1080. The van der Waals surface area contributed by atoms with E-state index in [1.54, 1.807) is 6.92 Å². The molecule has 0 saturated heterocycles. The number of hydrogen-bond donors (Lipinski definition) is 1. The van der Waals surface area contributed by atoms with Gasteiger partial charge in [-0.2, -0.15) is 0 Å². The van der Waals surface area contributed by atoms with Gasteiger partial charge in [-0.3, -0.25) is 13.9 Å². The lowest BCUT2D eigenvalue weighted by molar-refractivity contribution is -0.139. The molecule has 0 saturated carbocycles. The van der Waals surface area contributed by atoms with Gasteiger partial charge in [0, 0.05) is 18.1 Å². The topological polar surface area (TPSA) is 86.8 Å². The minimum atomic E-state index is -3.93. The molecule has 11 heteroatoms. The Morgan fingerprint density at radius 1 is 1.12 bits per heavy atom. The zero-order chi connectivity index (χ0) is 24.1. The number of carbonyl (C=O) groups excluding carboxylic acids is 2. The number of likely N-dealkylation sites (N-methyl/N-ethyl adjacent to an activating group) is 1. The van der Waals surface area contributed by atoms with Crippen LogP contribution in [-0.2, 0) is 26.2 Å². The van der Waals surface area contributed by atoms with Gasteiger partial charge in [-0.15, -0.1) is 0 Å². The molecule has 0 heterocycles. The average molecular weight is 504 g/mol. The summed E-state index contributed by atoms with van der Waals surface area (Å²) in [6.07, 6.45) is 0.940. The molecule has 0 aromatic heterocycles. The van der Waals surface area contributed by atoms with Crippen molar-refractivity contribution in [3.05, 3.63) is 63.9 Å². The number of carbonyl (C=O) groups is 2. The summed E-state index contributed by atoms with van der Waals surface area (Å²) in [5.41, 5.74) is 0.616. The molecule has 1 unspecified atom stereocenters. The van der Waals surface area contributed by atoms with Gasteiger partial charge in [-0.25, -0.2) is 12.8 Å². The number of amides is 2. The van der Waals surface area contributed by atoms with Gasteiger partial charge in [0.25, 0.3) is 0 Å². The van der Waals surface area contributed by atoms with Crippen LogP contribution in [-0.4, -0.2) is 50.5 Å². The Kier molecular flexibility index (Phi) is 8.89. The minimum Gasteiger partial charge on any atom is -0.355 e. The normalized spacial score (nSPS) is 12.2. The van der Waals surface area contributed by atoms with Crippen molar-refractivity contribution >= 4 is 50.7 Å². The molecule has 0 aliphatic carbocycles. The number of sulfonamides is 1. The molecule has 0 spiro atoms. The smallest absolute Gasteiger partial charge is 0.244 e. The number of nitrogens with one attached hydrogen (secondary N) is 1. The van der Waals surface area contributed by atoms with E-state index in [-0.39, 0.29) is 22.3 Å². The number of halogens is 3. The van der Waals surface area contributed by atoms with Crippen LogP contribution in [0.4, 0.5) is 10.1 Å². The summed E-state index contributed by atoms with van der Waals surface area (Å²) in [6.45, 7) is 2.99. The maximum atomic E-state index is 13.3. The summed E-state index contributed by atoms with van der Waals surface area (Å²) in [5.74, 6) is -1.49. The predicted octanol–water partition coefficient (Wildman–Crippen LogP) is 3.45. The molecular weight excluding hydrogens is 480 g/mol. The molecule has 2 rings (SSSR count). The molecule has 174 valence electrons. The molecule has 32 heavy (non-hydrogen) atoms. The van der Waals surface area contributed by atoms with Crippen LogP contribution in [0, 0.1) is 5.82 Å². The van der Waals surface area contributed by atoms with Crippen LogP contribution in [0.5, 0.6) is 0 Å². The van der Waals surface area contributed by atoms with Crippen molar-refractivity contribution < 1.29 is 22.4 Å². The Balaban J connectivity index is 2.42. The van der Waals surface area contributed by atoms with E-state index in [1.165, 1.54) is 54.3 Å².